The molecule has 5 heteroatoms. The van der Waals surface area contributed by atoms with Crippen LogP contribution >= 0.6 is 0 Å². The van der Waals surface area contributed by atoms with Crippen molar-refractivity contribution < 1.29 is 9.63 Å². The van der Waals surface area contributed by atoms with E-state index in [1.165, 1.54) is 0 Å². The van der Waals surface area contributed by atoms with Gasteiger partial charge < -0.3 is 14.7 Å². The molecule has 1 amide bonds. The lowest BCUT2D eigenvalue weighted by Gasteiger charge is -2.23. The normalized spacial score (nSPS) is 23.7. The molecule has 2 aliphatic rings. The van der Waals surface area contributed by atoms with E-state index in [2.05, 4.69) is 10.1 Å². The molecule has 0 aliphatic carbocycles. The van der Waals surface area contributed by atoms with Crippen molar-refractivity contribution in [1.82, 2.24) is 9.88 Å². The number of rotatable bonds is 3. The van der Waals surface area contributed by atoms with Gasteiger partial charge in [0.15, 0.2) is 6.10 Å². The van der Waals surface area contributed by atoms with Crippen LogP contribution in [0.2, 0.25) is 0 Å². The van der Waals surface area contributed by atoms with Crippen LogP contribution < -0.4 is 0 Å². The van der Waals surface area contributed by atoms with E-state index < -0.39 is 0 Å². The first kappa shape index (κ1) is 14.1. The maximum absolute atomic E-state index is 12.8. The number of nitrogens with one attached hydrogen (secondary N) is 1. The number of H-pyrrole nitrogens is 1. The van der Waals surface area contributed by atoms with Gasteiger partial charge in [0, 0.05) is 24.9 Å². The highest BCUT2D eigenvalue weighted by Crippen LogP contribution is 2.33. The van der Waals surface area contributed by atoms with E-state index in [-0.39, 0.29) is 18.1 Å². The van der Waals surface area contributed by atoms with Crippen molar-refractivity contribution in [3.05, 3.63) is 59.9 Å². The molecule has 0 unspecified atom stereocenters. The number of carbonyl (C=O) groups excluding carboxylic acids is 1. The number of oxime groups is 1. The monoisotopic (exact) mass is 309 g/mol. The van der Waals surface area contributed by atoms with Gasteiger partial charge in [0.1, 0.15) is 5.71 Å². The zero-order valence-corrected chi connectivity index (χ0v) is 12.8. The van der Waals surface area contributed by atoms with Crippen LogP contribution in [0.25, 0.3) is 0 Å². The summed E-state index contributed by atoms with van der Waals surface area (Å²) >= 11 is 0. The van der Waals surface area contributed by atoms with Crippen LogP contribution in [0.4, 0.5) is 0 Å². The fourth-order valence-corrected chi connectivity index (χ4v) is 3.40. The zero-order chi connectivity index (χ0) is 15.6. The molecule has 2 aliphatic heterocycles. The van der Waals surface area contributed by atoms with Gasteiger partial charge in [0.25, 0.3) is 5.91 Å². The number of aromatic amines is 1. The molecule has 1 fully saturated rings. The number of hydrogen-bond donors (Lipinski definition) is 1. The Morgan fingerprint density at radius 2 is 2.09 bits per heavy atom. The molecule has 3 heterocycles. The summed E-state index contributed by atoms with van der Waals surface area (Å²) in [5.41, 5.74) is 2.67. The summed E-state index contributed by atoms with van der Waals surface area (Å²) in [7, 11) is 0. The van der Waals surface area contributed by atoms with Crippen LogP contribution in [0, 0.1) is 0 Å². The Balaban J connectivity index is 1.47. The maximum atomic E-state index is 12.8. The van der Waals surface area contributed by atoms with Crippen molar-refractivity contribution >= 4 is 11.6 Å². The van der Waals surface area contributed by atoms with E-state index in [0.717, 1.165) is 30.6 Å². The molecule has 0 radical (unpaired) electrons. The quantitative estimate of drug-likeness (QED) is 0.946. The standard InChI is InChI=1S/C18H19N3O2/c22-18(21-11-5-9-16(21)14-8-4-10-19-14)15-12-17(23-20-15)13-6-2-1-3-7-13/h1-4,6-8,10,16-17,19H,5,9,11-12H2/t16-,17+/m1/s1. The number of benzene rings is 1. The van der Waals surface area contributed by atoms with Crippen molar-refractivity contribution in [3.63, 3.8) is 0 Å². The first-order valence-electron chi connectivity index (χ1n) is 8.05. The van der Waals surface area contributed by atoms with E-state index in [9.17, 15) is 4.79 Å². The lowest BCUT2D eigenvalue weighted by Crippen LogP contribution is -2.35. The number of amides is 1. The molecule has 0 bridgehead atoms. The van der Waals surface area contributed by atoms with Crippen LogP contribution in [0.5, 0.6) is 0 Å². The van der Waals surface area contributed by atoms with Crippen molar-refractivity contribution in [2.24, 2.45) is 5.16 Å². The average Bonchev–Trinajstić information content (AvgIpc) is 3.34. The second kappa shape index (κ2) is 5.91. The fraction of sp³-hybridized carbons (Fsp3) is 0.333. The van der Waals surface area contributed by atoms with Gasteiger partial charge in [-0.3, -0.25) is 4.79 Å². The van der Waals surface area contributed by atoms with Crippen LogP contribution in [0.1, 0.15) is 42.7 Å². The summed E-state index contributed by atoms with van der Waals surface area (Å²) in [5.74, 6) is 0.000492. The first-order valence-corrected chi connectivity index (χ1v) is 8.05. The molecule has 1 aromatic carbocycles. The maximum Gasteiger partial charge on any atom is 0.272 e. The van der Waals surface area contributed by atoms with E-state index in [4.69, 9.17) is 4.84 Å². The SMILES string of the molecule is O=C(C1=NO[C@H](c2ccccc2)C1)N1CCC[C@@H]1c1ccc[nH]1. The van der Waals surface area contributed by atoms with Gasteiger partial charge in [0.05, 0.1) is 6.04 Å². The summed E-state index contributed by atoms with van der Waals surface area (Å²) in [5, 5.41) is 4.07. The minimum Gasteiger partial charge on any atom is -0.387 e. The third kappa shape index (κ3) is 2.63. The fourth-order valence-electron chi connectivity index (χ4n) is 3.40. The minimum absolute atomic E-state index is 0.000492. The predicted molar refractivity (Wildman–Crippen MR) is 86.8 cm³/mol. The van der Waals surface area contributed by atoms with Crippen molar-refractivity contribution in [3.8, 4) is 0 Å². The van der Waals surface area contributed by atoms with Gasteiger partial charge in [0.2, 0.25) is 0 Å². The molecule has 23 heavy (non-hydrogen) atoms. The summed E-state index contributed by atoms with van der Waals surface area (Å²) in [6.07, 6.45) is 4.30. The Morgan fingerprint density at radius 1 is 1.22 bits per heavy atom. The average molecular weight is 309 g/mol. The molecule has 0 spiro atoms. The van der Waals surface area contributed by atoms with Gasteiger partial charge in [-0.2, -0.15) is 0 Å². The largest absolute Gasteiger partial charge is 0.387 e. The molecule has 0 saturated carbocycles. The Hall–Kier alpha value is -2.56. The highest BCUT2D eigenvalue weighted by Gasteiger charge is 2.36. The van der Waals surface area contributed by atoms with Crippen LogP contribution in [0.3, 0.4) is 0 Å². The third-order valence-corrected chi connectivity index (χ3v) is 4.58. The lowest BCUT2D eigenvalue weighted by atomic mass is 10.0. The van der Waals surface area contributed by atoms with Gasteiger partial charge in [-0.15, -0.1) is 0 Å². The van der Waals surface area contributed by atoms with E-state index in [0.29, 0.717) is 12.1 Å². The molecule has 5 nitrogen and oxygen atoms in total. The van der Waals surface area contributed by atoms with Crippen molar-refractivity contribution in [2.75, 3.05) is 6.54 Å². The van der Waals surface area contributed by atoms with Gasteiger partial charge >= 0.3 is 0 Å². The highest BCUT2D eigenvalue weighted by molar-refractivity contribution is 6.39. The second-order valence-corrected chi connectivity index (χ2v) is 6.03. The Labute approximate surface area is 134 Å². The van der Waals surface area contributed by atoms with Crippen molar-refractivity contribution in [2.45, 2.75) is 31.4 Å². The third-order valence-electron chi connectivity index (χ3n) is 4.58. The van der Waals surface area contributed by atoms with Crippen LogP contribution in [0.15, 0.2) is 53.8 Å². The van der Waals surface area contributed by atoms with E-state index in [1.807, 2.05) is 53.6 Å². The highest BCUT2D eigenvalue weighted by atomic mass is 16.6. The molecule has 118 valence electrons. The number of aromatic nitrogens is 1. The number of hydrogen-bond acceptors (Lipinski definition) is 3. The topological polar surface area (TPSA) is 57.7 Å². The molecule has 1 saturated heterocycles. The minimum atomic E-state index is -0.151. The molecule has 4 rings (SSSR count). The summed E-state index contributed by atoms with van der Waals surface area (Å²) in [4.78, 5) is 23.5. The predicted octanol–water partition coefficient (Wildman–Crippen LogP) is 3.20. The molecule has 1 aromatic heterocycles. The Morgan fingerprint density at radius 3 is 2.87 bits per heavy atom. The van der Waals surface area contributed by atoms with Gasteiger partial charge in [-0.1, -0.05) is 35.5 Å². The summed E-state index contributed by atoms with van der Waals surface area (Å²) in [6.45, 7) is 0.775. The molecule has 2 atom stereocenters. The number of nitrogens with zero attached hydrogens (tertiary/aromatic N) is 2. The Bertz CT molecular complexity index is 709. The Kier molecular flexibility index (Phi) is 3.61. The van der Waals surface area contributed by atoms with Crippen molar-refractivity contribution in [1.29, 1.82) is 0 Å². The molecule has 1 N–H and O–H groups in total. The summed E-state index contributed by atoms with van der Waals surface area (Å²) in [6, 6.07) is 14.1. The van der Waals surface area contributed by atoms with Gasteiger partial charge in [-0.05, 0) is 30.5 Å². The first-order chi connectivity index (χ1) is 11.3. The van der Waals surface area contributed by atoms with Crippen LogP contribution in [-0.2, 0) is 9.63 Å². The lowest BCUT2D eigenvalue weighted by molar-refractivity contribution is -0.125. The number of likely N-dealkylation sites (tertiary alicyclic amines) is 1. The van der Waals surface area contributed by atoms with Crippen LogP contribution in [-0.4, -0.2) is 28.0 Å². The van der Waals surface area contributed by atoms with Gasteiger partial charge in [-0.25, -0.2) is 0 Å². The smallest absolute Gasteiger partial charge is 0.272 e. The van der Waals surface area contributed by atoms with E-state index >= 15 is 0 Å². The number of carbonyl (C=O) groups is 1. The molecule has 2 aromatic rings. The summed E-state index contributed by atoms with van der Waals surface area (Å²) < 4.78 is 0. The molecular formula is C18H19N3O2. The van der Waals surface area contributed by atoms with E-state index in [1.54, 1.807) is 0 Å². The zero-order valence-electron chi connectivity index (χ0n) is 12.8. The molecular weight excluding hydrogens is 290 g/mol. The second-order valence-electron chi connectivity index (χ2n) is 6.03.